The molecule has 2 unspecified atom stereocenters. The molecule has 1 aliphatic rings. The van der Waals surface area contributed by atoms with Crippen molar-refractivity contribution in [3.63, 3.8) is 0 Å². The molecular formula is C42H39ClF10N8O5S2. The number of carbonyl (C=O) groups excluding carboxylic acids is 2. The van der Waals surface area contributed by atoms with Crippen molar-refractivity contribution in [2.45, 2.75) is 69.2 Å². The number of halogens is 11. The third-order valence-corrected chi connectivity index (χ3v) is 12.7. The number of allylic oxidation sites excluding steroid dienone is 2. The molecule has 1 aliphatic carbocycles. The number of anilines is 1. The second-order valence-corrected chi connectivity index (χ2v) is 18.8. The molecule has 2 heterocycles. The number of nitrogens with one attached hydrogen (secondary N) is 2. The van der Waals surface area contributed by atoms with Gasteiger partial charge >= 0.3 is 24.4 Å². The molecule has 2 aromatic heterocycles. The number of benzene rings is 2. The Morgan fingerprint density at radius 1 is 1.09 bits per heavy atom. The third kappa shape index (κ3) is 12.4. The number of nitrogens with zero attached hydrogens (tertiary/aromatic N) is 5. The van der Waals surface area contributed by atoms with Gasteiger partial charge in [-0.3, -0.25) is 23.5 Å². The highest BCUT2D eigenvalue weighted by Gasteiger charge is 2.52. The third-order valence-electron chi connectivity index (χ3n) is 10.2. The summed E-state index contributed by atoms with van der Waals surface area (Å²) >= 11 is 7.25. The monoisotopic (exact) mass is 1020 g/mol. The number of hydrogen-bond acceptors (Lipinski definition) is 9. The first-order chi connectivity index (χ1) is 31.4. The number of aromatic nitrogens is 3. The highest BCUT2D eigenvalue weighted by molar-refractivity contribution is 8.00. The smallest absolute Gasteiger partial charge is 0.431 e. The summed E-state index contributed by atoms with van der Waals surface area (Å²) in [6.45, 7) is 0.151. The minimum Gasteiger partial charge on any atom is -0.480 e. The fraction of sp³-hybridized carbons (Fsp3) is 0.381. The molecule has 4 aromatic rings. The molecule has 5 rings (SSSR count). The first-order valence-corrected chi connectivity index (χ1v) is 22.8. The maximum absolute atomic E-state index is 15.2. The van der Waals surface area contributed by atoms with E-state index in [1.165, 1.54) is 50.6 Å². The van der Waals surface area contributed by atoms with E-state index in [1.54, 1.807) is 0 Å². The lowest BCUT2D eigenvalue weighted by atomic mass is 9.93. The lowest BCUT2D eigenvalue weighted by Gasteiger charge is -2.23. The Hall–Kier alpha value is -5.87. The van der Waals surface area contributed by atoms with Crippen molar-refractivity contribution in [1.82, 2.24) is 25.4 Å². The van der Waals surface area contributed by atoms with Gasteiger partial charge in [0.2, 0.25) is 5.91 Å². The van der Waals surface area contributed by atoms with Gasteiger partial charge in [-0.2, -0.15) is 40.2 Å². The van der Waals surface area contributed by atoms with Gasteiger partial charge in [0, 0.05) is 52.5 Å². The first kappa shape index (κ1) is 53.1. The van der Waals surface area contributed by atoms with Gasteiger partial charge in [-0.05, 0) is 79.9 Å². The highest BCUT2D eigenvalue weighted by Crippen LogP contribution is 2.45. The van der Waals surface area contributed by atoms with Crippen LogP contribution in [0.25, 0.3) is 22.0 Å². The minimum atomic E-state index is -5.25. The lowest BCUT2D eigenvalue weighted by molar-refractivity contribution is -0.142. The van der Waals surface area contributed by atoms with Crippen LogP contribution in [0.5, 0.6) is 0 Å². The largest absolute Gasteiger partial charge is 0.480 e. The maximum atomic E-state index is 15.2. The van der Waals surface area contributed by atoms with Crippen LogP contribution in [-0.4, -0.2) is 96.3 Å². The van der Waals surface area contributed by atoms with Crippen LogP contribution in [0, 0.1) is 29.4 Å². The summed E-state index contributed by atoms with van der Waals surface area (Å²) < 4.78 is 157. The van der Waals surface area contributed by atoms with Crippen molar-refractivity contribution in [3.05, 3.63) is 87.3 Å². The summed E-state index contributed by atoms with van der Waals surface area (Å²) in [5.41, 5.74) is -0.368. The Labute approximate surface area is 392 Å². The van der Waals surface area contributed by atoms with Gasteiger partial charge in [0.05, 0.1) is 27.7 Å². The molecule has 1 fully saturated rings. The fourth-order valence-corrected chi connectivity index (χ4v) is 8.01. The summed E-state index contributed by atoms with van der Waals surface area (Å²) in [6, 6.07) is 4.47. The van der Waals surface area contributed by atoms with Crippen LogP contribution in [0.15, 0.2) is 58.7 Å². The Kier molecular flexibility index (Phi) is 15.9. The average molecular weight is 1030 g/mol. The molecule has 68 heavy (non-hydrogen) atoms. The van der Waals surface area contributed by atoms with Gasteiger partial charge in [0.15, 0.2) is 5.82 Å². The summed E-state index contributed by atoms with van der Waals surface area (Å²) in [5, 5.41) is 17.2. The second-order valence-electron chi connectivity index (χ2n) is 15.7. The van der Waals surface area contributed by atoms with Crippen molar-refractivity contribution < 1.29 is 67.6 Å². The second kappa shape index (κ2) is 20.4. The number of rotatable bonds is 13. The number of hydrogen-bond donors (Lipinski definition) is 4. The van der Waals surface area contributed by atoms with E-state index in [-0.39, 0.29) is 38.5 Å². The van der Waals surface area contributed by atoms with Crippen LogP contribution >= 0.6 is 23.5 Å². The zero-order valence-electron chi connectivity index (χ0n) is 36.1. The summed E-state index contributed by atoms with van der Waals surface area (Å²) in [5.74, 6) is -5.27. The molecule has 0 bridgehead atoms. The molecule has 13 nitrogen and oxygen atoms in total. The fourth-order valence-electron chi connectivity index (χ4n) is 7.05. The van der Waals surface area contributed by atoms with E-state index in [9.17, 15) is 53.7 Å². The molecule has 5 N–H and O–H groups in total. The number of aliphatic carboxylic acids is 1. The molecule has 0 spiro atoms. The van der Waals surface area contributed by atoms with Crippen LogP contribution in [0.3, 0.4) is 0 Å². The predicted molar refractivity (Wildman–Crippen MR) is 235 cm³/mol. The zero-order chi connectivity index (χ0) is 50.8. The van der Waals surface area contributed by atoms with Gasteiger partial charge in [-0.1, -0.05) is 30.5 Å². The summed E-state index contributed by atoms with van der Waals surface area (Å²) in [6.07, 6.45) is -9.27. The highest BCUT2D eigenvalue weighted by atomic mass is 35.5. The molecule has 0 saturated heterocycles. The molecular weight excluding hydrogens is 986 g/mol. The molecule has 2 aromatic carbocycles. The SMILES string of the molecule is CSN(C(=O)NCC(=O)O)c1nn(CC(F)(F)F)c2c(-c3ccc(C#CC(C)(C)S(C)=O)nc3C(Cc3cc(F)cc(F)c3)NC(=O)CN=C3/C(=C(\N)C(F)(F)F)[C@@H](C)CC3(F)F)ccc(Cl)c12. The molecule has 0 radical (unpaired) electrons. The quantitative estimate of drug-likeness (QED) is 0.0582. The molecule has 0 aliphatic heterocycles. The molecule has 366 valence electrons. The van der Waals surface area contributed by atoms with Crippen molar-refractivity contribution in [2.75, 3.05) is 29.9 Å². The van der Waals surface area contributed by atoms with Crippen LogP contribution in [-0.2, 0) is 33.4 Å². The average Bonchev–Trinajstić information content (AvgIpc) is 3.68. The predicted octanol–water partition coefficient (Wildman–Crippen LogP) is 8.27. The number of aliphatic imine (C=N–C) groups is 1. The number of carbonyl (C=O) groups is 3. The number of nitrogens with two attached hydrogens (primary N) is 1. The van der Waals surface area contributed by atoms with Gasteiger partial charge < -0.3 is 21.5 Å². The summed E-state index contributed by atoms with van der Waals surface area (Å²) in [4.78, 5) is 46.5. The molecule has 1 saturated carbocycles. The van der Waals surface area contributed by atoms with E-state index in [0.717, 1.165) is 23.4 Å². The molecule has 3 atom stereocenters. The topological polar surface area (TPSA) is 185 Å². The van der Waals surface area contributed by atoms with Crippen molar-refractivity contribution in [2.24, 2.45) is 16.6 Å². The Morgan fingerprint density at radius 2 is 1.72 bits per heavy atom. The summed E-state index contributed by atoms with van der Waals surface area (Å²) in [7, 11) is -1.54. The number of pyridine rings is 1. The van der Waals surface area contributed by atoms with Crippen LogP contribution in [0.2, 0.25) is 5.02 Å². The Balaban J connectivity index is 1.81. The maximum Gasteiger partial charge on any atom is 0.431 e. The molecule has 3 amide bonds. The number of carboxylic acids is 1. The van der Waals surface area contributed by atoms with Gasteiger partial charge in [0.25, 0.3) is 5.92 Å². The van der Waals surface area contributed by atoms with E-state index >= 15 is 8.78 Å². The Bertz CT molecular complexity index is 2780. The van der Waals surface area contributed by atoms with Crippen LogP contribution in [0.1, 0.15) is 50.2 Å². The normalized spacial score (nSPS) is 17.4. The van der Waals surface area contributed by atoms with E-state index < -0.39 is 136 Å². The number of alkyl halides is 8. The molecule has 26 heteroatoms. The van der Waals surface area contributed by atoms with E-state index in [0.29, 0.717) is 22.7 Å². The minimum absolute atomic E-state index is 0.123. The Morgan fingerprint density at radius 3 is 2.29 bits per heavy atom. The standard InChI is InChI=1S/C42H39ClF10N8O5S2/c1-20-16-40(46,47)36(31(20)35(54)42(51,52)53)55-17-29(62)58-28(14-21-12-22(44)15-23(45)13-21)33-25(7-6-24(57-33)10-11-39(2,3)68(5)66)26-8-9-27(43)32-34(26)60(19-41(48,49)50)59-37(32)61(67-4)38(65)56-18-30(63)64/h6-9,12-13,15,20,28H,14,16-19,54H2,1-5H3,(H,56,65)(H,58,62)(H,63,64)/b35-31-,55-36?/t20-,28?,68?/m0/s1. The van der Waals surface area contributed by atoms with Crippen LogP contribution in [0.4, 0.5) is 54.5 Å². The zero-order valence-corrected chi connectivity index (χ0v) is 38.5. The van der Waals surface area contributed by atoms with Gasteiger partial charge in [-0.15, -0.1) is 0 Å². The van der Waals surface area contributed by atoms with E-state index in [1.807, 2.05) is 0 Å². The van der Waals surface area contributed by atoms with Gasteiger partial charge in [-0.25, -0.2) is 22.9 Å². The first-order valence-electron chi connectivity index (χ1n) is 19.7. The number of urea groups is 1. The lowest BCUT2D eigenvalue weighted by Crippen LogP contribution is -2.38. The van der Waals surface area contributed by atoms with Crippen LogP contribution < -0.4 is 20.7 Å². The number of amides is 3. The van der Waals surface area contributed by atoms with E-state index in [2.05, 4.69) is 37.5 Å². The number of fused-ring (bicyclic) bond motifs is 1. The van der Waals surface area contributed by atoms with Crippen molar-refractivity contribution >= 4 is 74.7 Å². The van der Waals surface area contributed by atoms with Crippen molar-refractivity contribution in [1.29, 1.82) is 0 Å². The van der Waals surface area contributed by atoms with Gasteiger partial charge in [0.1, 0.15) is 53.1 Å². The van der Waals surface area contributed by atoms with E-state index in [4.69, 9.17) is 22.4 Å². The number of carboxylic acid groups (broad SMARTS) is 1. The van der Waals surface area contributed by atoms with Crippen molar-refractivity contribution in [3.8, 4) is 23.0 Å².